The van der Waals surface area contributed by atoms with Crippen LogP contribution >= 0.6 is 23.2 Å². The van der Waals surface area contributed by atoms with Crippen LogP contribution in [0.5, 0.6) is 0 Å². The monoisotopic (exact) mass is 603 g/mol. The Balaban J connectivity index is 1.52. The molecule has 10 heteroatoms. The van der Waals surface area contributed by atoms with Gasteiger partial charge in [0, 0.05) is 36.6 Å². The third kappa shape index (κ3) is 11.4. The second kappa shape index (κ2) is 17.0. The van der Waals surface area contributed by atoms with Crippen molar-refractivity contribution in [3.8, 4) is 0 Å². The lowest BCUT2D eigenvalue weighted by Gasteiger charge is -2.27. The molecule has 0 bridgehead atoms. The topological polar surface area (TPSA) is 105 Å². The van der Waals surface area contributed by atoms with Gasteiger partial charge in [-0.15, -0.1) is 0 Å². The first-order valence-electron chi connectivity index (χ1n) is 14.2. The first kappa shape index (κ1) is 32.4. The van der Waals surface area contributed by atoms with Crippen LogP contribution in [0.25, 0.3) is 0 Å². The van der Waals surface area contributed by atoms with Crippen LogP contribution in [0.3, 0.4) is 0 Å². The average Bonchev–Trinajstić information content (AvgIpc) is 2.97. The van der Waals surface area contributed by atoms with Crippen molar-refractivity contribution in [3.05, 3.63) is 69.7 Å². The van der Waals surface area contributed by atoms with E-state index in [0.29, 0.717) is 35.7 Å². The normalized spacial score (nSPS) is 14.9. The van der Waals surface area contributed by atoms with Crippen molar-refractivity contribution in [3.63, 3.8) is 0 Å². The Morgan fingerprint density at radius 2 is 1.83 bits per heavy atom. The molecule has 0 radical (unpaired) electrons. The van der Waals surface area contributed by atoms with Crippen LogP contribution in [0.15, 0.2) is 48.5 Å². The number of amides is 3. The molecule has 0 aliphatic heterocycles. The SMILES string of the molecule is CN(CCc1ccccc1Cl)C(=O)CC[C@@H](C=O)NC(=O)[C@H](CC1CCCCC1)OC(=O)NCc1cccc(Cl)c1. The van der Waals surface area contributed by atoms with Crippen molar-refractivity contribution in [1.29, 1.82) is 0 Å². The fraction of sp³-hybridized carbons (Fsp3) is 0.484. The summed E-state index contributed by atoms with van der Waals surface area (Å²) in [7, 11) is 1.70. The zero-order valence-corrected chi connectivity index (χ0v) is 25.0. The zero-order valence-electron chi connectivity index (χ0n) is 23.5. The van der Waals surface area contributed by atoms with Crippen LogP contribution in [0.4, 0.5) is 4.79 Å². The maximum absolute atomic E-state index is 13.2. The summed E-state index contributed by atoms with van der Waals surface area (Å²) in [6, 6.07) is 13.7. The number of nitrogens with zero attached hydrogens (tertiary/aromatic N) is 1. The molecule has 0 aromatic heterocycles. The van der Waals surface area contributed by atoms with Crippen LogP contribution < -0.4 is 10.6 Å². The summed E-state index contributed by atoms with van der Waals surface area (Å²) in [5, 5.41) is 6.56. The molecule has 2 N–H and O–H groups in total. The predicted octanol–water partition coefficient (Wildman–Crippen LogP) is 5.72. The maximum atomic E-state index is 13.2. The van der Waals surface area contributed by atoms with Gasteiger partial charge in [0.1, 0.15) is 6.29 Å². The maximum Gasteiger partial charge on any atom is 0.408 e. The molecule has 2 atom stereocenters. The Morgan fingerprint density at radius 3 is 2.54 bits per heavy atom. The molecule has 0 spiro atoms. The molecule has 41 heavy (non-hydrogen) atoms. The molecule has 0 saturated heterocycles. The smallest absolute Gasteiger partial charge is 0.408 e. The minimum Gasteiger partial charge on any atom is -0.436 e. The molecule has 0 unspecified atom stereocenters. The van der Waals surface area contributed by atoms with Crippen molar-refractivity contribution in [2.24, 2.45) is 5.92 Å². The summed E-state index contributed by atoms with van der Waals surface area (Å²) in [4.78, 5) is 51.9. The number of halogens is 2. The molecule has 1 aliphatic rings. The van der Waals surface area contributed by atoms with Crippen molar-refractivity contribution >= 4 is 47.4 Å². The molecule has 2 aromatic carbocycles. The number of hydrogen-bond acceptors (Lipinski definition) is 5. The highest BCUT2D eigenvalue weighted by molar-refractivity contribution is 6.31. The summed E-state index contributed by atoms with van der Waals surface area (Å²) in [6.45, 7) is 0.669. The lowest BCUT2D eigenvalue weighted by atomic mass is 9.85. The van der Waals surface area contributed by atoms with Gasteiger partial charge in [-0.05, 0) is 54.5 Å². The minimum atomic E-state index is -1.05. The van der Waals surface area contributed by atoms with E-state index in [0.717, 1.165) is 43.2 Å². The predicted molar refractivity (Wildman–Crippen MR) is 160 cm³/mol. The van der Waals surface area contributed by atoms with Crippen LogP contribution in [0.1, 0.15) is 62.5 Å². The van der Waals surface area contributed by atoms with Crippen molar-refractivity contribution in [2.75, 3.05) is 13.6 Å². The van der Waals surface area contributed by atoms with Crippen LogP contribution in [-0.2, 0) is 32.1 Å². The van der Waals surface area contributed by atoms with Crippen molar-refractivity contribution in [1.82, 2.24) is 15.5 Å². The van der Waals surface area contributed by atoms with E-state index in [9.17, 15) is 19.2 Å². The molecule has 8 nitrogen and oxygen atoms in total. The highest BCUT2D eigenvalue weighted by Crippen LogP contribution is 2.28. The van der Waals surface area contributed by atoms with E-state index in [2.05, 4.69) is 10.6 Å². The minimum absolute atomic E-state index is 0.0803. The largest absolute Gasteiger partial charge is 0.436 e. The van der Waals surface area contributed by atoms with Gasteiger partial charge in [-0.25, -0.2) is 4.79 Å². The summed E-state index contributed by atoms with van der Waals surface area (Å²) in [6.07, 6.45) is 5.28. The first-order valence-corrected chi connectivity index (χ1v) is 14.9. The Labute approximate surface area is 252 Å². The van der Waals surface area contributed by atoms with Crippen molar-refractivity contribution < 1.29 is 23.9 Å². The van der Waals surface area contributed by atoms with Gasteiger partial charge in [0.2, 0.25) is 5.91 Å². The van der Waals surface area contributed by atoms with E-state index >= 15 is 0 Å². The number of rotatable bonds is 14. The second-order valence-electron chi connectivity index (χ2n) is 10.6. The fourth-order valence-corrected chi connectivity index (χ4v) is 5.40. The molecule has 3 rings (SSSR count). The van der Waals surface area contributed by atoms with E-state index < -0.39 is 24.1 Å². The number of alkyl carbamates (subject to hydrolysis) is 1. The number of carbonyl (C=O) groups is 4. The number of carbonyl (C=O) groups excluding carboxylic acids is 4. The molecule has 1 aliphatic carbocycles. The van der Waals surface area contributed by atoms with Gasteiger partial charge in [0.15, 0.2) is 6.10 Å². The number of aldehydes is 1. The third-order valence-electron chi connectivity index (χ3n) is 7.40. The molecular formula is C31H39Cl2N3O5. The Morgan fingerprint density at radius 1 is 1.07 bits per heavy atom. The molecular weight excluding hydrogens is 565 g/mol. The van der Waals surface area contributed by atoms with E-state index in [4.69, 9.17) is 27.9 Å². The van der Waals surface area contributed by atoms with E-state index in [1.807, 2.05) is 30.3 Å². The third-order valence-corrected chi connectivity index (χ3v) is 8.00. The molecule has 222 valence electrons. The van der Waals surface area contributed by atoms with Gasteiger partial charge in [0.25, 0.3) is 5.91 Å². The lowest BCUT2D eigenvalue weighted by Crippen LogP contribution is -2.46. The van der Waals surface area contributed by atoms with Gasteiger partial charge in [-0.1, -0.05) is 85.6 Å². The highest BCUT2D eigenvalue weighted by Gasteiger charge is 2.29. The van der Waals surface area contributed by atoms with Gasteiger partial charge >= 0.3 is 6.09 Å². The highest BCUT2D eigenvalue weighted by atomic mass is 35.5. The molecule has 1 saturated carbocycles. The number of hydrogen-bond donors (Lipinski definition) is 2. The Kier molecular flexibility index (Phi) is 13.4. The number of benzene rings is 2. The standard InChI is InChI=1S/C31H39Cl2N3O5/c1-36(17-16-24-11-5-6-13-27(24)33)29(38)15-14-26(21-37)35-30(39)28(19-22-8-3-2-4-9-22)41-31(40)34-20-23-10-7-12-25(32)18-23/h5-7,10-13,18,21-22,26,28H,2-4,8-9,14-17,19-20H2,1H3,(H,34,40)(H,35,39)/t26-,28-/m0/s1. The second-order valence-corrected chi connectivity index (χ2v) is 11.4. The zero-order chi connectivity index (χ0) is 29.6. The number of nitrogens with one attached hydrogen (secondary N) is 2. The molecule has 2 aromatic rings. The number of ether oxygens (including phenoxy) is 1. The molecule has 1 fully saturated rings. The number of likely N-dealkylation sites (N-methyl/N-ethyl adjacent to an activating group) is 1. The summed E-state index contributed by atoms with van der Waals surface area (Å²) in [5.74, 6) is -0.429. The first-order chi connectivity index (χ1) is 19.7. The lowest BCUT2D eigenvalue weighted by molar-refractivity contribution is -0.134. The Bertz CT molecular complexity index is 1170. The van der Waals surface area contributed by atoms with Crippen LogP contribution in [-0.4, -0.2) is 54.8 Å². The van der Waals surface area contributed by atoms with Gasteiger partial charge in [-0.2, -0.15) is 0 Å². The Hall–Kier alpha value is -3.10. The van der Waals surface area contributed by atoms with E-state index in [1.54, 1.807) is 30.1 Å². The molecule has 3 amide bonds. The van der Waals surface area contributed by atoms with Gasteiger partial charge in [-0.3, -0.25) is 9.59 Å². The molecule has 0 heterocycles. The fourth-order valence-electron chi connectivity index (χ4n) is 4.96. The summed E-state index contributed by atoms with van der Waals surface area (Å²) >= 11 is 12.2. The van der Waals surface area contributed by atoms with Gasteiger partial charge in [0.05, 0.1) is 6.04 Å². The van der Waals surface area contributed by atoms with Crippen molar-refractivity contribution in [2.45, 2.75) is 76.5 Å². The summed E-state index contributed by atoms with van der Waals surface area (Å²) < 4.78 is 5.56. The quantitative estimate of drug-likeness (QED) is 0.269. The van der Waals surface area contributed by atoms with Crippen LogP contribution in [0, 0.1) is 5.92 Å². The summed E-state index contributed by atoms with van der Waals surface area (Å²) in [5.41, 5.74) is 1.75. The van der Waals surface area contributed by atoms with E-state index in [-0.39, 0.29) is 31.2 Å². The van der Waals surface area contributed by atoms with Crippen LogP contribution in [0.2, 0.25) is 10.0 Å². The van der Waals surface area contributed by atoms with Gasteiger partial charge < -0.3 is 25.1 Å². The average molecular weight is 605 g/mol. The van der Waals surface area contributed by atoms with E-state index in [1.165, 1.54) is 0 Å².